The van der Waals surface area contributed by atoms with Gasteiger partial charge in [-0.05, 0) is 35.4 Å². The molecule has 3 nitrogen and oxygen atoms in total. The molecule has 0 unspecified atom stereocenters. The molecule has 1 aromatic rings. The molecule has 21 heavy (non-hydrogen) atoms. The van der Waals surface area contributed by atoms with E-state index in [9.17, 15) is 4.79 Å². The molecule has 0 bridgehead atoms. The first-order chi connectivity index (χ1) is 9.79. The number of amides is 1. The highest BCUT2D eigenvalue weighted by atomic mass is 16.1. The summed E-state index contributed by atoms with van der Waals surface area (Å²) in [6.45, 7) is 12.4. The minimum absolute atomic E-state index is 0.120. The van der Waals surface area contributed by atoms with Crippen LogP contribution in [0.1, 0.15) is 53.0 Å². The summed E-state index contributed by atoms with van der Waals surface area (Å²) in [6, 6.07) is 8.45. The van der Waals surface area contributed by atoms with Gasteiger partial charge >= 0.3 is 0 Å². The second kappa shape index (κ2) is 8.06. The Kier molecular flexibility index (Phi) is 6.73. The predicted molar refractivity (Wildman–Crippen MR) is 90.7 cm³/mol. The lowest BCUT2D eigenvalue weighted by Gasteiger charge is -2.19. The van der Waals surface area contributed by atoms with Gasteiger partial charge in [0, 0.05) is 25.2 Å². The Bertz CT molecular complexity index is 430. The second-order valence-electron chi connectivity index (χ2n) is 7.04. The maximum absolute atomic E-state index is 11.6. The first-order valence-corrected chi connectivity index (χ1v) is 7.90. The molecule has 3 heteroatoms. The number of nitrogens with one attached hydrogen (secondary N) is 2. The lowest BCUT2D eigenvalue weighted by molar-refractivity contribution is -0.120. The normalized spacial score (nSPS) is 11.5. The Morgan fingerprint density at radius 1 is 1.10 bits per heavy atom. The van der Waals surface area contributed by atoms with Crippen molar-refractivity contribution >= 4 is 11.6 Å². The molecule has 0 aliphatic carbocycles. The van der Waals surface area contributed by atoms with E-state index < -0.39 is 0 Å². The third-order valence-electron chi connectivity index (χ3n) is 3.48. The van der Waals surface area contributed by atoms with Gasteiger partial charge in [-0.2, -0.15) is 0 Å². The molecule has 0 atom stereocenters. The van der Waals surface area contributed by atoms with Crippen molar-refractivity contribution in [3.8, 4) is 0 Å². The standard InChI is InChI=1S/C18H30N2O/c1-14(2)10-12-20-17(21)11-13-19-16-8-6-15(7-9-16)18(3,4)5/h6-9,14,19H,10-13H2,1-5H3,(H,20,21). The Balaban J connectivity index is 2.28. The number of benzene rings is 1. The summed E-state index contributed by atoms with van der Waals surface area (Å²) >= 11 is 0. The Morgan fingerprint density at radius 3 is 2.24 bits per heavy atom. The molecule has 0 aromatic heterocycles. The summed E-state index contributed by atoms with van der Waals surface area (Å²) in [5.74, 6) is 0.749. The molecule has 0 spiro atoms. The SMILES string of the molecule is CC(C)CCNC(=O)CCNc1ccc(C(C)(C)C)cc1. The predicted octanol–water partition coefficient (Wildman–Crippen LogP) is 3.95. The van der Waals surface area contributed by atoms with E-state index >= 15 is 0 Å². The van der Waals surface area contributed by atoms with E-state index in [0.29, 0.717) is 18.9 Å². The minimum Gasteiger partial charge on any atom is -0.385 e. The van der Waals surface area contributed by atoms with Crippen molar-refractivity contribution in [2.45, 2.75) is 52.9 Å². The van der Waals surface area contributed by atoms with Crippen LogP contribution in [0, 0.1) is 5.92 Å². The van der Waals surface area contributed by atoms with E-state index in [1.165, 1.54) is 5.56 Å². The van der Waals surface area contributed by atoms with Gasteiger partial charge in [0.25, 0.3) is 0 Å². The van der Waals surface area contributed by atoms with E-state index in [0.717, 1.165) is 18.7 Å². The molecular formula is C18H30N2O. The average Bonchev–Trinajstić information content (AvgIpc) is 2.38. The third kappa shape index (κ3) is 7.16. The summed E-state index contributed by atoms with van der Waals surface area (Å²) in [5.41, 5.74) is 2.56. The minimum atomic E-state index is 0.120. The third-order valence-corrected chi connectivity index (χ3v) is 3.48. The molecule has 0 aliphatic rings. The van der Waals surface area contributed by atoms with Crippen molar-refractivity contribution in [3.05, 3.63) is 29.8 Å². The zero-order chi connectivity index (χ0) is 15.9. The monoisotopic (exact) mass is 290 g/mol. The van der Waals surface area contributed by atoms with Gasteiger partial charge in [-0.25, -0.2) is 0 Å². The summed E-state index contributed by atoms with van der Waals surface area (Å²) < 4.78 is 0. The second-order valence-corrected chi connectivity index (χ2v) is 7.04. The number of carbonyl (C=O) groups is 1. The number of carbonyl (C=O) groups excluding carboxylic acids is 1. The summed E-state index contributed by atoms with van der Waals surface area (Å²) in [5, 5.41) is 6.24. The van der Waals surface area contributed by atoms with Crippen molar-refractivity contribution in [2.24, 2.45) is 5.92 Å². The molecule has 0 saturated heterocycles. The van der Waals surface area contributed by atoms with Gasteiger partial charge in [0.1, 0.15) is 0 Å². The van der Waals surface area contributed by atoms with Crippen molar-refractivity contribution in [2.75, 3.05) is 18.4 Å². The zero-order valence-corrected chi connectivity index (χ0v) is 14.1. The number of hydrogen-bond acceptors (Lipinski definition) is 2. The van der Waals surface area contributed by atoms with E-state index in [2.05, 4.69) is 69.5 Å². The van der Waals surface area contributed by atoms with Crippen molar-refractivity contribution in [1.29, 1.82) is 0 Å². The first kappa shape index (κ1) is 17.5. The van der Waals surface area contributed by atoms with Gasteiger partial charge in [0.15, 0.2) is 0 Å². The maximum atomic E-state index is 11.6. The molecule has 118 valence electrons. The Hall–Kier alpha value is -1.51. The van der Waals surface area contributed by atoms with E-state index in [1.54, 1.807) is 0 Å². The Morgan fingerprint density at radius 2 is 1.71 bits per heavy atom. The van der Waals surface area contributed by atoms with Gasteiger partial charge in [0.2, 0.25) is 5.91 Å². The van der Waals surface area contributed by atoms with Crippen LogP contribution in [0.25, 0.3) is 0 Å². The van der Waals surface area contributed by atoms with Gasteiger partial charge in [-0.1, -0.05) is 46.8 Å². The van der Waals surface area contributed by atoms with Crippen LogP contribution in [-0.2, 0) is 10.2 Å². The van der Waals surface area contributed by atoms with Crippen LogP contribution in [0.5, 0.6) is 0 Å². The van der Waals surface area contributed by atoms with Gasteiger partial charge in [-0.15, -0.1) is 0 Å². The van der Waals surface area contributed by atoms with E-state index in [-0.39, 0.29) is 11.3 Å². The summed E-state index contributed by atoms with van der Waals surface area (Å²) in [6.07, 6.45) is 1.55. The largest absolute Gasteiger partial charge is 0.385 e. The summed E-state index contributed by atoms with van der Waals surface area (Å²) in [7, 11) is 0. The quantitative estimate of drug-likeness (QED) is 0.798. The fraction of sp³-hybridized carbons (Fsp3) is 0.611. The molecule has 0 fully saturated rings. The molecule has 0 aliphatic heterocycles. The number of anilines is 1. The molecule has 0 heterocycles. The molecule has 2 N–H and O–H groups in total. The zero-order valence-electron chi connectivity index (χ0n) is 14.1. The van der Waals surface area contributed by atoms with Crippen molar-refractivity contribution < 1.29 is 4.79 Å². The van der Waals surface area contributed by atoms with Gasteiger partial charge in [-0.3, -0.25) is 4.79 Å². The number of hydrogen-bond donors (Lipinski definition) is 2. The first-order valence-electron chi connectivity index (χ1n) is 7.90. The van der Waals surface area contributed by atoms with Crippen molar-refractivity contribution in [3.63, 3.8) is 0 Å². The molecular weight excluding hydrogens is 260 g/mol. The van der Waals surface area contributed by atoms with Gasteiger partial charge < -0.3 is 10.6 Å². The van der Waals surface area contributed by atoms with Crippen LogP contribution in [0.3, 0.4) is 0 Å². The lowest BCUT2D eigenvalue weighted by Crippen LogP contribution is -2.27. The highest BCUT2D eigenvalue weighted by Crippen LogP contribution is 2.23. The van der Waals surface area contributed by atoms with Crippen LogP contribution < -0.4 is 10.6 Å². The van der Waals surface area contributed by atoms with Gasteiger partial charge in [0.05, 0.1) is 0 Å². The van der Waals surface area contributed by atoms with E-state index in [4.69, 9.17) is 0 Å². The number of rotatable bonds is 7. The fourth-order valence-electron chi connectivity index (χ4n) is 2.00. The highest BCUT2D eigenvalue weighted by Gasteiger charge is 2.12. The fourth-order valence-corrected chi connectivity index (χ4v) is 2.00. The van der Waals surface area contributed by atoms with Crippen LogP contribution in [0.15, 0.2) is 24.3 Å². The molecule has 1 aromatic carbocycles. The highest BCUT2D eigenvalue weighted by molar-refractivity contribution is 5.76. The maximum Gasteiger partial charge on any atom is 0.221 e. The Labute approximate surface area is 129 Å². The van der Waals surface area contributed by atoms with Crippen molar-refractivity contribution in [1.82, 2.24) is 5.32 Å². The molecule has 0 saturated carbocycles. The molecule has 1 rings (SSSR count). The summed E-state index contributed by atoms with van der Waals surface area (Å²) in [4.78, 5) is 11.6. The average molecular weight is 290 g/mol. The molecule has 1 amide bonds. The van der Waals surface area contributed by atoms with Crippen LogP contribution in [-0.4, -0.2) is 19.0 Å². The topological polar surface area (TPSA) is 41.1 Å². The van der Waals surface area contributed by atoms with Crippen LogP contribution >= 0.6 is 0 Å². The van der Waals surface area contributed by atoms with E-state index in [1.807, 2.05) is 0 Å². The van der Waals surface area contributed by atoms with Crippen LogP contribution in [0.4, 0.5) is 5.69 Å². The van der Waals surface area contributed by atoms with Crippen LogP contribution in [0.2, 0.25) is 0 Å². The lowest BCUT2D eigenvalue weighted by atomic mass is 9.87. The molecule has 0 radical (unpaired) electrons. The smallest absolute Gasteiger partial charge is 0.221 e.